The van der Waals surface area contributed by atoms with Crippen LogP contribution in [0.3, 0.4) is 0 Å². The van der Waals surface area contributed by atoms with E-state index in [4.69, 9.17) is 0 Å². The van der Waals surface area contributed by atoms with Crippen molar-refractivity contribution in [1.29, 1.82) is 0 Å². The molecule has 0 bridgehead atoms. The van der Waals surface area contributed by atoms with Crippen molar-refractivity contribution in [3.8, 4) is 0 Å². The number of benzene rings is 1. The van der Waals surface area contributed by atoms with Gasteiger partial charge in [-0.3, -0.25) is 9.48 Å². The molecule has 0 saturated carbocycles. The van der Waals surface area contributed by atoms with Crippen LogP contribution in [0.1, 0.15) is 37.7 Å². The number of aryl methyl sites for hydroxylation is 1. The quantitative estimate of drug-likeness (QED) is 0.905. The van der Waals surface area contributed by atoms with E-state index in [2.05, 4.69) is 10.4 Å². The molecule has 1 unspecified atom stereocenters. The van der Waals surface area contributed by atoms with Crippen LogP contribution in [0.4, 0.5) is 0 Å². The van der Waals surface area contributed by atoms with E-state index in [1.54, 1.807) is 4.68 Å². The first-order valence-electron chi connectivity index (χ1n) is 7.18. The normalized spacial score (nSPS) is 13.4. The molecule has 21 heavy (non-hydrogen) atoms. The van der Waals surface area contributed by atoms with Gasteiger partial charge in [-0.15, -0.1) is 0 Å². The Bertz CT molecular complexity index is 640. The average molecular weight is 289 g/mol. The summed E-state index contributed by atoms with van der Waals surface area (Å²) in [5, 5.41) is 17.4. The van der Waals surface area contributed by atoms with Gasteiger partial charge in [-0.1, -0.05) is 39.0 Å². The molecule has 0 radical (unpaired) electrons. The van der Waals surface area contributed by atoms with Crippen molar-refractivity contribution in [2.24, 2.45) is 12.5 Å². The summed E-state index contributed by atoms with van der Waals surface area (Å²) in [6.45, 7) is 6.18. The Morgan fingerprint density at radius 2 is 2.05 bits per heavy atom. The molecule has 5 heteroatoms. The molecule has 1 heterocycles. The van der Waals surface area contributed by atoms with Crippen molar-refractivity contribution in [1.82, 2.24) is 15.1 Å². The number of aliphatic hydroxyl groups is 1. The predicted octanol–water partition coefficient (Wildman–Crippen LogP) is 2.10. The maximum atomic E-state index is 12.5. The monoisotopic (exact) mass is 289 g/mol. The van der Waals surface area contributed by atoms with Gasteiger partial charge >= 0.3 is 0 Å². The van der Waals surface area contributed by atoms with Crippen LogP contribution in [0.5, 0.6) is 0 Å². The second kappa shape index (κ2) is 5.85. The van der Waals surface area contributed by atoms with Crippen molar-refractivity contribution in [3.05, 3.63) is 30.0 Å². The first-order chi connectivity index (χ1) is 9.84. The number of carbonyl (C=O) groups is 1. The molecule has 0 aliphatic rings. The second-order valence-corrected chi connectivity index (χ2v) is 6.39. The van der Waals surface area contributed by atoms with Gasteiger partial charge in [0, 0.05) is 25.1 Å². The lowest BCUT2D eigenvalue weighted by atomic mass is 9.85. The molecular weight excluding hydrogens is 266 g/mol. The summed E-state index contributed by atoms with van der Waals surface area (Å²) >= 11 is 0. The maximum Gasteiger partial charge on any atom is 0.272 e. The van der Waals surface area contributed by atoms with Crippen LogP contribution in [0.15, 0.2) is 24.3 Å². The molecular formula is C16H23N3O2. The van der Waals surface area contributed by atoms with Gasteiger partial charge in [0.05, 0.1) is 5.52 Å². The van der Waals surface area contributed by atoms with Gasteiger partial charge in [0.25, 0.3) is 5.91 Å². The van der Waals surface area contributed by atoms with Crippen LogP contribution in [-0.2, 0) is 7.05 Å². The highest BCUT2D eigenvalue weighted by Crippen LogP contribution is 2.23. The molecule has 2 aromatic rings. The van der Waals surface area contributed by atoms with E-state index in [9.17, 15) is 9.90 Å². The fraction of sp³-hybridized carbons (Fsp3) is 0.500. The summed E-state index contributed by atoms with van der Waals surface area (Å²) < 4.78 is 1.71. The van der Waals surface area contributed by atoms with Crippen LogP contribution < -0.4 is 5.32 Å². The number of amides is 1. The first-order valence-corrected chi connectivity index (χ1v) is 7.18. The number of nitrogens with zero attached hydrogens (tertiary/aromatic N) is 2. The van der Waals surface area contributed by atoms with E-state index in [1.165, 1.54) is 0 Å². The lowest BCUT2D eigenvalue weighted by Gasteiger charge is -2.30. The lowest BCUT2D eigenvalue weighted by molar-refractivity contribution is 0.0881. The van der Waals surface area contributed by atoms with E-state index in [0.717, 1.165) is 10.9 Å². The zero-order valence-corrected chi connectivity index (χ0v) is 13.1. The molecule has 2 rings (SSSR count). The number of para-hydroxylation sites is 1. The van der Waals surface area contributed by atoms with Gasteiger partial charge in [-0.05, 0) is 17.9 Å². The molecule has 5 nitrogen and oxygen atoms in total. The Hall–Kier alpha value is -1.88. The Kier molecular flexibility index (Phi) is 4.32. The fourth-order valence-corrected chi connectivity index (χ4v) is 2.46. The molecule has 114 valence electrons. The smallest absolute Gasteiger partial charge is 0.272 e. The standard InChI is InChI=1S/C16H23N3O2/c1-16(2,3)13(9-10-20)17-15(21)14-11-7-5-6-8-12(11)19(4)18-14/h5-8,13,20H,9-10H2,1-4H3,(H,17,21). The number of aromatic nitrogens is 2. The van der Waals surface area contributed by atoms with E-state index >= 15 is 0 Å². The second-order valence-electron chi connectivity index (χ2n) is 6.39. The molecule has 2 N–H and O–H groups in total. The number of aliphatic hydroxyl groups excluding tert-OH is 1. The van der Waals surface area contributed by atoms with Crippen molar-refractivity contribution >= 4 is 16.8 Å². The summed E-state index contributed by atoms with van der Waals surface area (Å²) in [4.78, 5) is 12.5. The number of hydrogen-bond acceptors (Lipinski definition) is 3. The topological polar surface area (TPSA) is 67.2 Å². The number of nitrogens with one attached hydrogen (secondary N) is 1. The van der Waals surface area contributed by atoms with Crippen LogP contribution in [-0.4, -0.2) is 33.4 Å². The minimum absolute atomic E-state index is 0.0468. The minimum Gasteiger partial charge on any atom is -0.396 e. The van der Waals surface area contributed by atoms with E-state index in [-0.39, 0.29) is 24.0 Å². The lowest BCUT2D eigenvalue weighted by Crippen LogP contribution is -2.44. The number of fused-ring (bicyclic) bond motifs is 1. The van der Waals surface area contributed by atoms with Crippen LogP contribution in [0, 0.1) is 5.41 Å². The van der Waals surface area contributed by atoms with Gasteiger partial charge in [-0.2, -0.15) is 5.10 Å². The molecule has 1 amide bonds. The highest BCUT2D eigenvalue weighted by Gasteiger charge is 2.27. The molecule has 0 aliphatic heterocycles. The van der Waals surface area contributed by atoms with Crippen molar-refractivity contribution in [2.75, 3.05) is 6.61 Å². The summed E-state index contributed by atoms with van der Waals surface area (Å²) in [6, 6.07) is 7.56. The Morgan fingerprint density at radius 1 is 1.38 bits per heavy atom. The Morgan fingerprint density at radius 3 is 2.67 bits per heavy atom. The average Bonchev–Trinajstić information content (AvgIpc) is 2.75. The SMILES string of the molecule is Cn1nc(C(=O)NC(CCO)C(C)(C)C)c2ccccc21. The number of carbonyl (C=O) groups excluding carboxylic acids is 1. The summed E-state index contributed by atoms with van der Waals surface area (Å²) in [6.07, 6.45) is 0.528. The van der Waals surface area contributed by atoms with E-state index in [1.807, 2.05) is 52.1 Å². The van der Waals surface area contributed by atoms with Crippen molar-refractivity contribution < 1.29 is 9.90 Å². The predicted molar refractivity (Wildman–Crippen MR) is 83.1 cm³/mol. The molecule has 1 aromatic heterocycles. The zero-order valence-electron chi connectivity index (χ0n) is 13.1. The highest BCUT2D eigenvalue weighted by molar-refractivity contribution is 6.04. The molecule has 1 atom stereocenters. The summed E-state index contributed by atoms with van der Waals surface area (Å²) in [5.41, 5.74) is 1.24. The van der Waals surface area contributed by atoms with Crippen LogP contribution in [0.2, 0.25) is 0 Å². The van der Waals surface area contributed by atoms with Crippen molar-refractivity contribution in [3.63, 3.8) is 0 Å². The Balaban J connectivity index is 2.30. The molecule has 0 spiro atoms. The molecule has 0 aliphatic carbocycles. The third-order valence-electron chi connectivity index (χ3n) is 3.74. The Labute approximate surface area is 125 Å². The zero-order chi connectivity index (χ0) is 15.6. The van der Waals surface area contributed by atoms with E-state index < -0.39 is 0 Å². The largest absolute Gasteiger partial charge is 0.396 e. The van der Waals surface area contributed by atoms with Gasteiger partial charge in [0.2, 0.25) is 0 Å². The molecule has 1 aromatic carbocycles. The van der Waals surface area contributed by atoms with Crippen LogP contribution >= 0.6 is 0 Å². The van der Waals surface area contributed by atoms with Gasteiger partial charge in [0.15, 0.2) is 5.69 Å². The van der Waals surface area contributed by atoms with Gasteiger partial charge in [0.1, 0.15) is 0 Å². The summed E-state index contributed by atoms with van der Waals surface area (Å²) in [7, 11) is 1.83. The summed E-state index contributed by atoms with van der Waals surface area (Å²) in [5.74, 6) is -0.194. The number of rotatable bonds is 4. The molecule has 0 saturated heterocycles. The van der Waals surface area contributed by atoms with Gasteiger partial charge in [-0.25, -0.2) is 0 Å². The van der Waals surface area contributed by atoms with Gasteiger partial charge < -0.3 is 10.4 Å². The van der Waals surface area contributed by atoms with Crippen molar-refractivity contribution in [2.45, 2.75) is 33.2 Å². The maximum absolute atomic E-state index is 12.5. The third-order valence-corrected chi connectivity index (χ3v) is 3.74. The van der Waals surface area contributed by atoms with E-state index in [0.29, 0.717) is 12.1 Å². The number of hydrogen-bond donors (Lipinski definition) is 2. The molecule has 0 fully saturated rings. The highest BCUT2D eigenvalue weighted by atomic mass is 16.3. The fourth-order valence-electron chi connectivity index (χ4n) is 2.46. The first kappa shape index (κ1) is 15.5. The minimum atomic E-state index is -0.194. The third kappa shape index (κ3) is 3.24. The van der Waals surface area contributed by atoms with Crippen LogP contribution in [0.25, 0.3) is 10.9 Å².